The molecule has 0 aliphatic carbocycles. The monoisotopic (exact) mass is 178 g/mol. The van der Waals surface area contributed by atoms with Crippen molar-refractivity contribution in [3.8, 4) is 23.6 Å². The predicted octanol–water partition coefficient (Wildman–Crippen LogP) is 0.0165. The molecule has 0 aliphatic heterocycles. The lowest BCUT2D eigenvalue weighted by Gasteiger charge is -1.99. The maximum Gasteiger partial charge on any atom is 0.134 e. The van der Waals surface area contributed by atoms with Gasteiger partial charge in [-0.15, -0.1) is 0 Å². The number of phenolic OH excluding ortho intramolecular Hbond substituents is 2. The Morgan fingerprint density at radius 1 is 0.923 bits per heavy atom. The topological polar surface area (TPSA) is 120 Å². The van der Waals surface area contributed by atoms with E-state index in [0.29, 0.717) is 0 Å². The Morgan fingerprint density at radius 3 is 1.46 bits per heavy atom. The Labute approximate surface area is 74.0 Å². The van der Waals surface area contributed by atoms with Gasteiger partial charge in [-0.1, -0.05) is 0 Å². The maximum absolute atomic E-state index is 9.06. The average Bonchev–Trinajstić information content (AvgIpc) is 2.08. The molecular formula is C8H6N2O3. The summed E-state index contributed by atoms with van der Waals surface area (Å²) in [6.45, 7) is 0. The van der Waals surface area contributed by atoms with Crippen molar-refractivity contribution in [2.24, 2.45) is 0 Å². The molecule has 0 saturated carbocycles. The highest BCUT2D eigenvalue weighted by Crippen LogP contribution is 2.26. The molecule has 0 atom stereocenters. The van der Waals surface area contributed by atoms with Crippen molar-refractivity contribution in [1.82, 2.24) is 0 Å². The minimum absolute atomic E-state index is 0. The van der Waals surface area contributed by atoms with Crippen LogP contribution in [0.15, 0.2) is 12.1 Å². The van der Waals surface area contributed by atoms with Gasteiger partial charge in [0.05, 0.1) is 0 Å². The summed E-state index contributed by atoms with van der Waals surface area (Å²) in [6, 6.07) is 5.57. The Bertz CT molecular complexity index is 362. The molecule has 1 aromatic carbocycles. The van der Waals surface area contributed by atoms with Crippen LogP contribution in [0.1, 0.15) is 11.1 Å². The van der Waals surface area contributed by atoms with E-state index in [-0.39, 0.29) is 28.1 Å². The smallest absolute Gasteiger partial charge is 0.134 e. The number of benzene rings is 1. The van der Waals surface area contributed by atoms with Gasteiger partial charge in [-0.3, -0.25) is 0 Å². The number of aromatic hydroxyl groups is 2. The summed E-state index contributed by atoms with van der Waals surface area (Å²) >= 11 is 0. The number of hydrogen-bond donors (Lipinski definition) is 2. The third kappa shape index (κ3) is 1.67. The van der Waals surface area contributed by atoms with Crippen molar-refractivity contribution in [2.45, 2.75) is 0 Å². The summed E-state index contributed by atoms with van der Waals surface area (Å²) in [4.78, 5) is 0. The van der Waals surface area contributed by atoms with Crippen LogP contribution in [0.4, 0.5) is 0 Å². The van der Waals surface area contributed by atoms with E-state index in [1.165, 1.54) is 0 Å². The van der Waals surface area contributed by atoms with Gasteiger partial charge < -0.3 is 15.7 Å². The zero-order chi connectivity index (χ0) is 9.14. The van der Waals surface area contributed by atoms with E-state index in [0.717, 1.165) is 12.1 Å². The van der Waals surface area contributed by atoms with Crippen molar-refractivity contribution in [1.29, 1.82) is 10.5 Å². The zero-order valence-electron chi connectivity index (χ0n) is 6.44. The van der Waals surface area contributed by atoms with Gasteiger partial charge in [0.1, 0.15) is 34.8 Å². The first-order chi connectivity index (χ1) is 5.70. The SMILES string of the molecule is N#Cc1c(O)ccc(O)c1C#N.O. The predicted molar refractivity (Wildman–Crippen MR) is 42.8 cm³/mol. The number of phenols is 2. The van der Waals surface area contributed by atoms with E-state index in [2.05, 4.69) is 0 Å². The fourth-order valence-corrected chi connectivity index (χ4v) is 0.807. The van der Waals surface area contributed by atoms with Crippen LogP contribution in [0.25, 0.3) is 0 Å². The maximum atomic E-state index is 9.06. The standard InChI is InChI=1S/C8H4N2O2.H2O/c9-3-5-6(4-10)8(12)2-1-7(5)11;/h1-2,11-12H;1H2. The first-order valence-corrected chi connectivity index (χ1v) is 3.06. The molecule has 0 unspecified atom stereocenters. The number of nitrogens with zero attached hydrogens (tertiary/aromatic N) is 2. The first-order valence-electron chi connectivity index (χ1n) is 3.06. The van der Waals surface area contributed by atoms with Crippen molar-refractivity contribution in [3.63, 3.8) is 0 Å². The quantitative estimate of drug-likeness (QED) is 0.544. The second-order valence-corrected chi connectivity index (χ2v) is 2.08. The lowest BCUT2D eigenvalue weighted by atomic mass is 10.1. The number of nitriles is 2. The Kier molecular flexibility index (Phi) is 3.27. The largest absolute Gasteiger partial charge is 0.507 e. The molecule has 0 bridgehead atoms. The van der Waals surface area contributed by atoms with Gasteiger partial charge in [0.2, 0.25) is 0 Å². The molecule has 13 heavy (non-hydrogen) atoms. The van der Waals surface area contributed by atoms with Gasteiger partial charge in [0.15, 0.2) is 0 Å². The molecule has 4 N–H and O–H groups in total. The summed E-state index contributed by atoms with van der Waals surface area (Å²) in [5.41, 5.74) is -0.394. The second kappa shape index (κ2) is 3.96. The summed E-state index contributed by atoms with van der Waals surface area (Å²) in [7, 11) is 0. The van der Waals surface area contributed by atoms with Gasteiger partial charge in [-0.05, 0) is 12.1 Å². The molecule has 0 aromatic heterocycles. The van der Waals surface area contributed by atoms with E-state index < -0.39 is 0 Å². The van der Waals surface area contributed by atoms with E-state index in [1.807, 2.05) is 0 Å². The molecule has 0 heterocycles. The minimum Gasteiger partial charge on any atom is -0.507 e. The molecule has 1 rings (SSSR count). The Morgan fingerprint density at radius 2 is 1.23 bits per heavy atom. The van der Waals surface area contributed by atoms with Crippen LogP contribution >= 0.6 is 0 Å². The first kappa shape index (κ1) is 10.8. The average molecular weight is 178 g/mol. The van der Waals surface area contributed by atoms with Gasteiger partial charge in [-0.25, -0.2) is 0 Å². The van der Waals surface area contributed by atoms with Crippen LogP contribution in [-0.2, 0) is 0 Å². The van der Waals surface area contributed by atoms with E-state index >= 15 is 0 Å². The molecular weight excluding hydrogens is 172 g/mol. The van der Waals surface area contributed by atoms with Crippen LogP contribution in [-0.4, -0.2) is 15.7 Å². The molecule has 0 aliphatic rings. The van der Waals surface area contributed by atoms with Gasteiger partial charge >= 0.3 is 0 Å². The van der Waals surface area contributed by atoms with Crippen LogP contribution in [0, 0.1) is 22.7 Å². The van der Waals surface area contributed by atoms with E-state index in [1.54, 1.807) is 12.1 Å². The van der Waals surface area contributed by atoms with Crippen LogP contribution in [0.5, 0.6) is 11.5 Å². The highest BCUT2D eigenvalue weighted by molar-refractivity contribution is 5.59. The normalized spacial score (nSPS) is 7.85. The lowest BCUT2D eigenvalue weighted by Crippen LogP contribution is -1.84. The van der Waals surface area contributed by atoms with Crippen molar-refractivity contribution in [2.75, 3.05) is 0 Å². The summed E-state index contributed by atoms with van der Waals surface area (Å²) in [6.07, 6.45) is 0. The van der Waals surface area contributed by atoms with Crippen LogP contribution in [0.3, 0.4) is 0 Å². The van der Waals surface area contributed by atoms with E-state index in [4.69, 9.17) is 20.7 Å². The number of rotatable bonds is 0. The molecule has 0 saturated heterocycles. The minimum atomic E-state index is -0.299. The summed E-state index contributed by atoms with van der Waals surface area (Å²) in [5.74, 6) is -0.598. The lowest BCUT2D eigenvalue weighted by molar-refractivity contribution is 0.457. The van der Waals surface area contributed by atoms with Crippen molar-refractivity contribution >= 4 is 0 Å². The van der Waals surface area contributed by atoms with Crippen molar-refractivity contribution < 1.29 is 15.7 Å². The molecule has 0 amide bonds. The van der Waals surface area contributed by atoms with E-state index in [9.17, 15) is 0 Å². The second-order valence-electron chi connectivity index (χ2n) is 2.08. The summed E-state index contributed by atoms with van der Waals surface area (Å²) < 4.78 is 0. The van der Waals surface area contributed by atoms with Gasteiger partial charge in [-0.2, -0.15) is 10.5 Å². The Balaban J connectivity index is 0.00000144. The molecule has 66 valence electrons. The Hall–Kier alpha value is -2.24. The van der Waals surface area contributed by atoms with Gasteiger partial charge in [0, 0.05) is 0 Å². The van der Waals surface area contributed by atoms with Gasteiger partial charge in [0.25, 0.3) is 0 Å². The molecule has 0 fully saturated rings. The van der Waals surface area contributed by atoms with Crippen LogP contribution in [0.2, 0.25) is 0 Å². The fraction of sp³-hybridized carbons (Fsp3) is 0. The molecule has 0 spiro atoms. The zero-order valence-corrected chi connectivity index (χ0v) is 6.44. The summed E-state index contributed by atoms with van der Waals surface area (Å²) in [5, 5.41) is 35.1. The molecule has 5 nitrogen and oxygen atoms in total. The molecule has 1 aromatic rings. The molecule has 5 heteroatoms. The third-order valence-corrected chi connectivity index (χ3v) is 1.38. The third-order valence-electron chi connectivity index (χ3n) is 1.38. The van der Waals surface area contributed by atoms with Crippen LogP contribution < -0.4 is 0 Å². The number of hydrogen-bond acceptors (Lipinski definition) is 4. The highest BCUT2D eigenvalue weighted by Gasteiger charge is 2.10. The fourth-order valence-electron chi connectivity index (χ4n) is 0.807. The highest BCUT2D eigenvalue weighted by atomic mass is 16.3. The molecule has 0 radical (unpaired) electrons. The van der Waals surface area contributed by atoms with Crippen molar-refractivity contribution in [3.05, 3.63) is 23.3 Å².